The zero-order valence-electron chi connectivity index (χ0n) is 7.20. The lowest BCUT2D eigenvalue weighted by Crippen LogP contribution is -1.95. The molecule has 0 fully saturated rings. The van der Waals surface area contributed by atoms with Crippen LogP contribution in [0.25, 0.3) is 6.08 Å². The van der Waals surface area contributed by atoms with Gasteiger partial charge in [-0.15, -0.1) is 0 Å². The Morgan fingerprint density at radius 3 is 2.92 bits per heavy atom. The maximum absolute atomic E-state index is 5.91. The summed E-state index contributed by atoms with van der Waals surface area (Å²) in [5.41, 5.74) is 11.6. The Labute approximate surface area is 82.4 Å². The van der Waals surface area contributed by atoms with Gasteiger partial charge in [0.25, 0.3) is 0 Å². The van der Waals surface area contributed by atoms with Crippen LogP contribution in [-0.4, -0.2) is 11.5 Å². The van der Waals surface area contributed by atoms with E-state index in [1.807, 2.05) is 12.2 Å². The summed E-state index contributed by atoms with van der Waals surface area (Å²) in [6, 6.07) is 1.63. The van der Waals surface area contributed by atoms with E-state index in [2.05, 4.69) is 4.98 Å². The van der Waals surface area contributed by atoms with E-state index >= 15 is 0 Å². The molecule has 0 unspecified atom stereocenters. The molecule has 0 aliphatic rings. The molecule has 4 N–H and O–H groups in total. The predicted octanol–water partition coefficient (Wildman–Crippen LogP) is 1.68. The van der Waals surface area contributed by atoms with Crippen LogP contribution < -0.4 is 11.5 Å². The zero-order chi connectivity index (χ0) is 9.68. The maximum atomic E-state index is 5.91. The topological polar surface area (TPSA) is 64.9 Å². The van der Waals surface area contributed by atoms with E-state index < -0.39 is 0 Å². The lowest BCUT2D eigenvalue weighted by atomic mass is 10.2. The van der Waals surface area contributed by atoms with Crippen LogP contribution in [0.1, 0.15) is 12.0 Å². The number of nitrogen functional groups attached to an aromatic ring is 1. The van der Waals surface area contributed by atoms with Crippen molar-refractivity contribution in [1.29, 1.82) is 0 Å². The maximum Gasteiger partial charge on any atom is 0.124 e. The average Bonchev–Trinajstić information content (AvgIpc) is 2.09. The number of aromatic nitrogens is 1. The van der Waals surface area contributed by atoms with Crippen molar-refractivity contribution < 1.29 is 0 Å². The van der Waals surface area contributed by atoms with Gasteiger partial charge in [-0.25, -0.2) is 4.98 Å². The van der Waals surface area contributed by atoms with Gasteiger partial charge in [0.15, 0.2) is 0 Å². The van der Waals surface area contributed by atoms with Gasteiger partial charge in [0.1, 0.15) is 5.82 Å². The molecule has 0 aromatic carbocycles. The second kappa shape index (κ2) is 4.84. The third-order valence-corrected chi connectivity index (χ3v) is 1.86. The Morgan fingerprint density at radius 2 is 2.31 bits per heavy atom. The number of anilines is 1. The van der Waals surface area contributed by atoms with Crippen molar-refractivity contribution in [3.05, 3.63) is 28.9 Å². The van der Waals surface area contributed by atoms with Gasteiger partial charge >= 0.3 is 0 Å². The van der Waals surface area contributed by atoms with E-state index in [0.29, 0.717) is 17.4 Å². The lowest BCUT2D eigenvalue weighted by Gasteiger charge is -1.98. The fourth-order valence-electron chi connectivity index (χ4n) is 0.885. The van der Waals surface area contributed by atoms with E-state index in [4.69, 9.17) is 23.1 Å². The average molecular weight is 198 g/mol. The molecule has 4 heteroatoms. The van der Waals surface area contributed by atoms with E-state index in [9.17, 15) is 0 Å². The molecule has 0 spiro atoms. The molecule has 0 bridgehead atoms. The summed E-state index contributed by atoms with van der Waals surface area (Å²) in [6.45, 7) is 0.635. The van der Waals surface area contributed by atoms with Crippen LogP contribution in [0, 0.1) is 0 Å². The third-order valence-electron chi connectivity index (χ3n) is 1.53. The molecule has 1 aromatic rings. The summed E-state index contributed by atoms with van der Waals surface area (Å²) in [5.74, 6) is 0.431. The van der Waals surface area contributed by atoms with Crippen molar-refractivity contribution in [3.63, 3.8) is 0 Å². The van der Waals surface area contributed by atoms with Gasteiger partial charge in [-0.1, -0.05) is 23.8 Å². The minimum Gasteiger partial charge on any atom is -0.384 e. The first kappa shape index (κ1) is 10.0. The molecule has 0 aliphatic heterocycles. The SMILES string of the molecule is NCCC=Cc1cnc(N)cc1Cl. The molecule has 70 valence electrons. The second-order valence-electron chi connectivity index (χ2n) is 2.61. The van der Waals surface area contributed by atoms with Crippen molar-refractivity contribution in [2.24, 2.45) is 5.73 Å². The Bertz CT molecular complexity index is 310. The number of hydrogen-bond donors (Lipinski definition) is 2. The van der Waals surface area contributed by atoms with Crippen LogP contribution in [0.4, 0.5) is 5.82 Å². The van der Waals surface area contributed by atoms with Gasteiger partial charge < -0.3 is 11.5 Å². The monoisotopic (exact) mass is 197 g/mol. The van der Waals surface area contributed by atoms with Gasteiger partial charge in [-0.2, -0.15) is 0 Å². The molecule has 1 aromatic heterocycles. The minimum absolute atomic E-state index is 0.431. The summed E-state index contributed by atoms with van der Waals surface area (Å²) < 4.78 is 0. The first-order valence-electron chi connectivity index (χ1n) is 4.01. The first-order valence-corrected chi connectivity index (χ1v) is 4.39. The van der Waals surface area contributed by atoms with Gasteiger partial charge in [0.2, 0.25) is 0 Å². The van der Waals surface area contributed by atoms with Crippen molar-refractivity contribution in [3.8, 4) is 0 Å². The van der Waals surface area contributed by atoms with Gasteiger partial charge in [0.05, 0.1) is 5.02 Å². The standard InChI is InChI=1S/C9H12ClN3/c10-8-5-9(12)13-6-7(8)3-1-2-4-11/h1,3,5-6H,2,4,11H2,(H2,12,13). The van der Waals surface area contributed by atoms with Crippen LogP contribution in [0.2, 0.25) is 5.02 Å². The Kier molecular flexibility index (Phi) is 3.73. The summed E-state index contributed by atoms with van der Waals surface area (Å²) >= 11 is 5.91. The van der Waals surface area contributed by atoms with Crippen LogP contribution in [0.15, 0.2) is 18.3 Å². The van der Waals surface area contributed by atoms with Crippen molar-refractivity contribution in [1.82, 2.24) is 4.98 Å². The zero-order valence-corrected chi connectivity index (χ0v) is 7.96. The molecule has 0 aliphatic carbocycles. The van der Waals surface area contributed by atoms with Crippen LogP contribution >= 0.6 is 11.6 Å². The molecule has 0 saturated carbocycles. The van der Waals surface area contributed by atoms with E-state index in [1.54, 1.807) is 12.3 Å². The largest absolute Gasteiger partial charge is 0.384 e. The number of pyridine rings is 1. The van der Waals surface area contributed by atoms with Crippen molar-refractivity contribution in [2.45, 2.75) is 6.42 Å². The van der Waals surface area contributed by atoms with Crippen LogP contribution in [-0.2, 0) is 0 Å². The highest BCUT2D eigenvalue weighted by molar-refractivity contribution is 6.32. The normalized spacial score (nSPS) is 10.9. The summed E-state index contributed by atoms with van der Waals surface area (Å²) in [6.07, 6.45) is 6.33. The van der Waals surface area contributed by atoms with Crippen molar-refractivity contribution >= 4 is 23.5 Å². The number of halogens is 1. The highest BCUT2D eigenvalue weighted by Crippen LogP contribution is 2.18. The molecular weight excluding hydrogens is 186 g/mol. The van der Waals surface area contributed by atoms with Gasteiger partial charge in [-0.3, -0.25) is 0 Å². The highest BCUT2D eigenvalue weighted by Gasteiger charge is 1.96. The highest BCUT2D eigenvalue weighted by atomic mass is 35.5. The minimum atomic E-state index is 0.431. The predicted molar refractivity (Wildman–Crippen MR) is 56.4 cm³/mol. The molecule has 1 heterocycles. The van der Waals surface area contributed by atoms with Crippen LogP contribution in [0.5, 0.6) is 0 Å². The quantitative estimate of drug-likeness (QED) is 0.775. The molecule has 0 radical (unpaired) electrons. The fourth-order valence-corrected chi connectivity index (χ4v) is 1.11. The van der Waals surface area contributed by atoms with Crippen molar-refractivity contribution in [2.75, 3.05) is 12.3 Å². The van der Waals surface area contributed by atoms with Gasteiger partial charge in [0, 0.05) is 11.8 Å². The Morgan fingerprint density at radius 1 is 1.54 bits per heavy atom. The van der Waals surface area contributed by atoms with E-state index in [0.717, 1.165) is 12.0 Å². The fraction of sp³-hybridized carbons (Fsp3) is 0.222. The summed E-state index contributed by atoms with van der Waals surface area (Å²) in [5, 5.41) is 0.612. The Balaban J connectivity index is 2.77. The molecule has 0 amide bonds. The molecule has 1 rings (SSSR count). The van der Waals surface area contributed by atoms with Crippen LogP contribution in [0.3, 0.4) is 0 Å². The van der Waals surface area contributed by atoms with Gasteiger partial charge in [-0.05, 0) is 19.0 Å². The third kappa shape index (κ3) is 3.05. The first-order chi connectivity index (χ1) is 6.24. The number of nitrogens with two attached hydrogens (primary N) is 2. The summed E-state index contributed by atoms with van der Waals surface area (Å²) in [4.78, 5) is 3.93. The molecule has 13 heavy (non-hydrogen) atoms. The lowest BCUT2D eigenvalue weighted by molar-refractivity contribution is 1.01. The number of hydrogen-bond acceptors (Lipinski definition) is 3. The smallest absolute Gasteiger partial charge is 0.124 e. The molecule has 0 atom stereocenters. The Hall–Kier alpha value is -1.06. The molecular formula is C9H12ClN3. The van der Waals surface area contributed by atoms with E-state index in [-0.39, 0.29) is 0 Å². The molecule has 3 nitrogen and oxygen atoms in total. The summed E-state index contributed by atoms with van der Waals surface area (Å²) in [7, 11) is 0. The molecule has 0 saturated heterocycles. The number of rotatable bonds is 3. The second-order valence-corrected chi connectivity index (χ2v) is 3.02. The number of nitrogens with zero attached hydrogens (tertiary/aromatic N) is 1. The van der Waals surface area contributed by atoms with E-state index in [1.165, 1.54) is 0 Å².